The minimum atomic E-state index is -0.954. The molecule has 0 spiro atoms. The number of nitrogens with zero attached hydrogens (tertiary/aromatic N) is 1. The van der Waals surface area contributed by atoms with Crippen molar-refractivity contribution in [3.63, 3.8) is 0 Å². The minimum absolute atomic E-state index is 0.384. The molecule has 1 amide bonds. The van der Waals surface area contributed by atoms with Crippen LogP contribution in [-0.4, -0.2) is 30.1 Å². The van der Waals surface area contributed by atoms with Crippen molar-refractivity contribution in [2.45, 2.75) is 20.0 Å². The molecule has 0 aliphatic carbocycles. The van der Waals surface area contributed by atoms with E-state index in [0.717, 1.165) is 15.8 Å². The lowest BCUT2D eigenvalue weighted by atomic mass is 10.2. The van der Waals surface area contributed by atoms with E-state index in [4.69, 9.17) is 9.47 Å². The SMILES string of the molecule is COc1ccc(C)cc1NC(=O)C(C)OC(=O)c1ccc2ncsc2c1. The number of ether oxygens (including phenoxy) is 2. The Kier molecular flexibility index (Phi) is 5.18. The second-order valence-corrected chi connectivity index (χ2v) is 6.66. The van der Waals surface area contributed by atoms with Crippen LogP contribution in [0.25, 0.3) is 10.2 Å². The van der Waals surface area contributed by atoms with Crippen molar-refractivity contribution in [2.75, 3.05) is 12.4 Å². The maximum atomic E-state index is 12.4. The Hall–Kier alpha value is -2.93. The Morgan fingerprint density at radius 1 is 1.19 bits per heavy atom. The molecule has 7 heteroatoms. The minimum Gasteiger partial charge on any atom is -0.495 e. The topological polar surface area (TPSA) is 77.5 Å². The number of hydrogen-bond acceptors (Lipinski definition) is 6. The second-order valence-electron chi connectivity index (χ2n) is 5.78. The molecule has 26 heavy (non-hydrogen) atoms. The fourth-order valence-electron chi connectivity index (χ4n) is 2.42. The van der Waals surface area contributed by atoms with Crippen LogP contribution in [0, 0.1) is 6.92 Å². The molecule has 3 rings (SSSR count). The normalized spacial score (nSPS) is 11.8. The van der Waals surface area contributed by atoms with Gasteiger partial charge in [0.25, 0.3) is 5.91 Å². The number of rotatable bonds is 5. The molecule has 0 bridgehead atoms. The molecule has 6 nitrogen and oxygen atoms in total. The summed E-state index contributed by atoms with van der Waals surface area (Å²) in [6.45, 7) is 3.44. The van der Waals surface area contributed by atoms with Gasteiger partial charge in [-0.15, -0.1) is 11.3 Å². The van der Waals surface area contributed by atoms with E-state index >= 15 is 0 Å². The van der Waals surface area contributed by atoms with Gasteiger partial charge in [-0.1, -0.05) is 6.07 Å². The maximum Gasteiger partial charge on any atom is 0.338 e. The molecule has 1 N–H and O–H groups in total. The van der Waals surface area contributed by atoms with E-state index in [1.807, 2.05) is 13.0 Å². The first-order chi connectivity index (χ1) is 12.5. The van der Waals surface area contributed by atoms with Crippen molar-refractivity contribution in [1.29, 1.82) is 0 Å². The van der Waals surface area contributed by atoms with Crippen molar-refractivity contribution < 1.29 is 19.1 Å². The first-order valence-corrected chi connectivity index (χ1v) is 8.85. The molecular formula is C19H18N2O4S. The fourth-order valence-corrected chi connectivity index (χ4v) is 3.13. The predicted molar refractivity (Wildman–Crippen MR) is 101 cm³/mol. The second kappa shape index (κ2) is 7.53. The van der Waals surface area contributed by atoms with Crippen LogP contribution in [0.15, 0.2) is 41.9 Å². The van der Waals surface area contributed by atoms with E-state index < -0.39 is 18.0 Å². The standard InChI is InChI=1S/C19H18N2O4S/c1-11-4-7-16(24-3)15(8-11)21-18(22)12(2)25-19(23)13-5-6-14-17(9-13)26-10-20-14/h4-10,12H,1-3H3,(H,21,22). The molecule has 1 atom stereocenters. The van der Waals surface area contributed by atoms with Gasteiger partial charge in [-0.2, -0.15) is 0 Å². The van der Waals surface area contributed by atoms with Crippen molar-refractivity contribution in [3.05, 3.63) is 53.0 Å². The van der Waals surface area contributed by atoms with Crippen molar-refractivity contribution in [2.24, 2.45) is 0 Å². The lowest BCUT2D eigenvalue weighted by Gasteiger charge is -2.15. The molecule has 0 saturated heterocycles. The monoisotopic (exact) mass is 370 g/mol. The summed E-state index contributed by atoms with van der Waals surface area (Å²) in [4.78, 5) is 28.9. The van der Waals surface area contributed by atoms with Crippen molar-refractivity contribution in [3.8, 4) is 5.75 Å². The zero-order valence-electron chi connectivity index (χ0n) is 14.6. The molecule has 0 aliphatic heterocycles. The highest BCUT2D eigenvalue weighted by molar-refractivity contribution is 7.16. The number of esters is 1. The largest absolute Gasteiger partial charge is 0.495 e. The first-order valence-electron chi connectivity index (χ1n) is 7.97. The van der Waals surface area contributed by atoms with E-state index in [9.17, 15) is 9.59 Å². The van der Waals surface area contributed by atoms with E-state index in [1.165, 1.54) is 25.4 Å². The zero-order valence-corrected chi connectivity index (χ0v) is 15.4. The Morgan fingerprint density at radius 2 is 2.00 bits per heavy atom. The van der Waals surface area contributed by atoms with Crippen LogP contribution in [0.4, 0.5) is 5.69 Å². The van der Waals surface area contributed by atoms with Gasteiger partial charge in [-0.3, -0.25) is 4.79 Å². The molecule has 134 valence electrons. The third-order valence-electron chi connectivity index (χ3n) is 3.83. The average Bonchev–Trinajstić information content (AvgIpc) is 3.09. The fraction of sp³-hybridized carbons (Fsp3) is 0.211. The smallest absolute Gasteiger partial charge is 0.338 e. The molecule has 1 heterocycles. The third kappa shape index (κ3) is 3.83. The summed E-state index contributed by atoms with van der Waals surface area (Å²) in [7, 11) is 1.53. The van der Waals surface area contributed by atoms with Crippen molar-refractivity contribution in [1.82, 2.24) is 4.98 Å². The van der Waals surface area contributed by atoms with Gasteiger partial charge in [0.1, 0.15) is 5.75 Å². The number of fused-ring (bicyclic) bond motifs is 1. The summed E-state index contributed by atoms with van der Waals surface area (Å²) in [6.07, 6.45) is -0.954. The van der Waals surface area contributed by atoms with Crippen LogP contribution in [0.3, 0.4) is 0 Å². The molecule has 0 fully saturated rings. The zero-order chi connectivity index (χ0) is 18.7. The molecule has 0 aliphatic rings. The Morgan fingerprint density at radius 3 is 2.77 bits per heavy atom. The number of nitrogens with one attached hydrogen (secondary N) is 1. The quantitative estimate of drug-likeness (QED) is 0.691. The number of carbonyl (C=O) groups excluding carboxylic acids is 2. The summed E-state index contributed by atoms with van der Waals surface area (Å²) in [6, 6.07) is 10.6. The van der Waals surface area contributed by atoms with Gasteiger partial charge < -0.3 is 14.8 Å². The summed E-state index contributed by atoms with van der Waals surface area (Å²) in [5, 5.41) is 2.74. The number of thiazole rings is 1. The van der Waals surface area contributed by atoms with Crippen molar-refractivity contribution >= 4 is 39.1 Å². The lowest BCUT2D eigenvalue weighted by molar-refractivity contribution is -0.123. The number of carbonyl (C=O) groups is 2. The van der Waals surface area contributed by atoms with Crippen LogP contribution in [-0.2, 0) is 9.53 Å². The van der Waals surface area contributed by atoms with E-state index in [1.54, 1.807) is 35.8 Å². The molecular weight excluding hydrogens is 352 g/mol. The summed E-state index contributed by atoms with van der Waals surface area (Å²) >= 11 is 1.44. The average molecular weight is 370 g/mol. The molecule has 1 unspecified atom stereocenters. The van der Waals surface area contributed by atoms with Crippen LogP contribution in [0.5, 0.6) is 5.75 Å². The van der Waals surface area contributed by atoms with Gasteiger partial charge in [0.2, 0.25) is 0 Å². The number of anilines is 1. The van der Waals surface area contributed by atoms with Crippen LogP contribution < -0.4 is 10.1 Å². The van der Waals surface area contributed by atoms with E-state index in [-0.39, 0.29) is 0 Å². The van der Waals surface area contributed by atoms with Gasteiger partial charge in [0.05, 0.1) is 34.1 Å². The summed E-state index contributed by atoms with van der Waals surface area (Å²) in [5.74, 6) is -0.446. The van der Waals surface area contributed by atoms with Gasteiger partial charge in [-0.05, 0) is 49.7 Å². The lowest BCUT2D eigenvalue weighted by Crippen LogP contribution is -2.30. The number of benzene rings is 2. The Bertz CT molecular complexity index is 967. The highest BCUT2D eigenvalue weighted by atomic mass is 32.1. The Labute approximate surface area is 154 Å². The Balaban J connectivity index is 1.68. The molecule has 2 aromatic carbocycles. The van der Waals surface area contributed by atoms with Gasteiger partial charge in [0.15, 0.2) is 6.10 Å². The number of methoxy groups -OCH3 is 1. The highest BCUT2D eigenvalue weighted by Gasteiger charge is 2.20. The molecule has 3 aromatic rings. The number of aromatic nitrogens is 1. The van der Waals surface area contributed by atoms with Crippen LogP contribution in [0.2, 0.25) is 0 Å². The molecule has 0 radical (unpaired) electrons. The highest BCUT2D eigenvalue weighted by Crippen LogP contribution is 2.25. The first kappa shape index (κ1) is 17.9. The molecule has 0 saturated carbocycles. The van der Waals surface area contributed by atoms with E-state index in [0.29, 0.717) is 17.0 Å². The number of hydrogen-bond donors (Lipinski definition) is 1. The van der Waals surface area contributed by atoms with Gasteiger partial charge in [0, 0.05) is 0 Å². The van der Waals surface area contributed by atoms with Gasteiger partial charge >= 0.3 is 5.97 Å². The van der Waals surface area contributed by atoms with E-state index in [2.05, 4.69) is 10.3 Å². The maximum absolute atomic E-state index is 12.4. The number of amides is 1. The van der Waals surface area contributed by atoms with Gasteiger partial charge in [-0.25, -0.2) is 9.78 Å². The third-order valence-corrected chi connectivity index (χ3v) is 4.62. The summed E-state index contributed by atoms with van der Waals surface area (Å²) < 4.78 is 11.4. The van der Waals surface area contributed by atoms with Crippen LogP contribution in [0.1, 0.15) is 22.8 Å². The molecule has 1 aromatic heterocycles. The predicted octanol–water partition coefficient (Wildman–Crippen LogP) is 3.80. The van der Waals surface area contributed by atoms with Crippen LogP contribution >= 0.6 is 11.3 Å². The summed E-state index contributed by atoms with van der Waals surface area (Å²) in [5.41, 5.74) is 4.43. The number of aryl methyl sites for hydroxylation is 1.